The van der Waals surface area contributed by atoms with Crippen molar-refractivity contribution in [1.29, 1.82) is 0 Å². The van der Waals surface area contributed by atoms with Crippen LogP contribution in [0.15, 0.2) is 42.7 Å². The maximum atomic E-state index is 4.45. The Kier molecular flexibility index (Phi) is 4.15. The number of anilines is 1. The zero-order chi connectivity index (χ0) is 14.7. The molecule has 2 aromatic heterocycles. The second-order valence-electron chi connectivity index (χ2n) is 5.79. The molecule has 1 atom stereocenters. The molecule has 1 fully saturated rings. The average molecular weight is 282 g/mol. The summed E-state index contributed by atoms with van der Waals surface area (Å²) in [4.78, 5) is 13.5. The van der Waals surface area contributed by atoms with Crippen molar-refractivity contribution in [2.45, 2.75) is 25.4 Å². The van der Waals surface area contributed by atoms with Gasteiger partial charge in [0, 0.05) is 39.1 Å². The smallest absolute Gasteiger partial charge is 0.128 e. The molecule has 1 saturated heterocycles. The lowest BCUT2D eigenvalue weighted by Gasteiger charge is -2.25. The number of hydrogen-bond acceptors (Lipinski definition) is 4. The van der Waals surface area contributed by atoms with Crippen LogP contribution in [0, 0.1) is 0 Å². The van der Waals surface area contributed by atoms with Crippen molar-refractivity contribution < 1.29 is 0 Å². The minimum absolute atomic E-state index is 0.480. The molecule has 0 amide bonds. The van der Waals surface area contributed by atoms with Crippen molar-refractivity contribution in [3.8, 4) is 0 Å². The lowest BCUT2D eigenvalue weighted by atomic mass is 10.1. The molecule has 0 bridgehead atoms. The second kappa shape index (κ2) is 6.22. The second-order valence-corrected chi connectivity index (χ2v) is 5.79. The van der Waals surface area contributed by atoms with Crippen LogP contribution in [0.4, 0.5) is 5.82 Å². The van der Waals surface area contributed by atoms with Crippen LogP contribution in [0.1, 0.15) is 30.1 Å². The van der Waals surface area contributed by atoms with Gasteiger partial charge in [0.2, 0.25) is 0 Å². The van der Waals surface area contributed by atoms with Crippen molar-refractivity contribution in [3.63, 3.8) is 0 Å². The van der Waals surface area contributed by atoms with Gasteiger partial charge in [0.05, 0.1) is 5.69 Å². The van der Waals surface area contributed by atoms with Gasteiger partial charge in [-0.3, -0.25) is 9.88 Å². The van der Waals surface area contributed by atoms with Crippen LogP contribution >= 0.6 is 0 Å². The third-order valence-corrected chi connectivity index (χ3v) is 4.07. The molecule has 0 unspecified atom stereocenters. The largest absolute Gasteiger partial charge is 0.363 e. The molecule has 0 saturated carbocycles. The van der Waals surface area contributed by atoms with Crippen molar-refractivity contribution in [2.24, 2.45) is 0 Å². The molecule has 1 aliphatic heterocycles. The Labute approximate surface area is 126 Å². The summed E-state index contributed by atoms with van der Waals surface area (Å²) >= 11 is 0. The third kappa shape index (κ3) is 3.22. The molecular formula is C17H22N4. The summed E-state index contributed by atoms with van der Waals surface area (Å²) in [6, 6.07) is 11.0. The predicted molar refractivity (Wildman–Crippen MR) is 85.2 cm³/mol. The first kappa shape index (κ1) is 14.0. The van der Waals surface area contributed by atoms with Gasteiger partial charge in [-0.05, 0) is 49.2 Å². The van der Waals surface area contributed by atoms with Gasteiger partial charge >= 0.3 is 0 Å². The lowest BCUT2D eigenvalue weighted by molar-refractivity contribution is 0.245. The molecule has 4 nitrogen and oxygen atoms in total. The van der Waals surface area contributed by atoms with Crippen LogP contribution in [0.2, 0.25) is 0 Å². The van der Waals surface area contributed by atoms with E-state index in [1.807, 2.05) is 32.6 Å². The normalized spacial score (nSPS) is 18.9. The summed E-state index contributed by atoms with van der Waals surface area (Å²) in [5.41, 5.74) is 2.51. The molecule has 0 aliphatic carbocycles. The van der Waals surface area contributed by atoms with Crippen molar-refractivity contribution in [2.75, 3.05) is 25.5 Å². The fourth-order valence-electron chi connectivity index (χ4n) is 2.98. The summed E-state index contributed by atoms with van der Waals surface area (Å²) < 4.78 is 0. The van der Waals surface area contributed by atoms with E-state index in [1.165, 1.54) is 18.4 Å². The molecule has 3 rings (SSSR count). The fourth-order valence-corrected chi connectivity index (χ4v) is 2.98. The molecule has 1 aliphatic rings. The number of likely N-dealkylation sites (tertiary alicyclic amines) is 1. The van der Waals surface area contributed by atoms with E-state index >= 15 is 0 Å². The Morgan fingerprint density at radius 1 is 1.19 bits per heavy atom. The maximum Gasteiger partial charge on any atom is 0.128 e. The first-order valence-electron chi connectivity index (χ1n) is 7.51. The molecule has 0 N–H and O–H groups in total. The van der Waals surface area contributed by atoms with Gasteiger partial charge in [-0.15, -0.1) is 0 Å². The van der Waals surface area contributed by atoms with Crippen LogP contribution < -0.4 is 4.90 Å². The summed E-state index contributed by atoms with van der Waals surface area (Å²) in [6.07, 6.45) is 6.25. The van der Waals surface area contributed by atoms with E-state index in [2.05, 4.69) is 44.0 Å². The first-order chi connectivity index (χ1) is 10.2. The van der Waals surface area contributed by atoms with Crippen molar-refractivity contribution in [3.05, 3.63) is 54.0 Å². The fraction of sp³-hybridized carbons (Fsp3) is 0.412. The summed E-state index contributed by atoms with van der Waals surface area (Å²) in [5.74, 6) is 1.03. The minimum atomic E-state index is 0.480. The number of pyridine rings is 2. The quantitative estimate of drug-likeness (QED) is 0.863. The Balaban J connectivity index is 1.79. The monoisotopic (exact) mass is 282 g/mol. The highest BCUT2D eigenvalue weighted by Crippen LogP contribution is 2.33. The van der Waals surface area contributed by atoms with E-state index in [0.29, 0.717) is 6.04 Å². The molecule has 21 heavy (non-hydrogen) atoms. The van der Waals surface area contributed by atoms with Crippen LogP contribution in [0.5, 0.6) is 0 Å². The molecule has 0 spiro atoms. The highest BCUT2D eigenvalue weighted by molar-refractivity contribution is 5.40. The van der Waals surface area contributed by atoms with Gasteiger partial charge in [0.1, 0.15) is 5.82 Å². The van der Waals surface area contributed by atoms with Crippen LogP contribution in [-0.2, 0) is 6.54 Å². The zero-order valence-corrected chi connectivity index (χ0v) is 12.7. The molecule has 4 heteroatoms. The topological polar surface area (TPSA) is 32.3 Å². The van der Waals surface area contributed by atoms with E-state index in [9.17, 15) is 0 Å². The minimum Gasteiger partial charge on any atom is -0.363 e. The van der Waals surface area contributed by atoms with E-state index in [0.717, 1.165) is 24.6 Å². The van der Waals surface area contributed by atoms with Crippen molar-refractivity contribution in [1.82, 2.24) is 14.9 Å². The SMILES string of the molecule is CN(C)c1cc([C@H]2CCCN2Cc2ccccn2)ccn1. The molecule has 3 heterocycles. The highest BCUT2D eigenvalue weighted by atomic mass is 15.2. The standard InChI is InChI=1S/C17H22N4/c1-20(2)17-12-14(8-10-19-17)16-7-5-11-21(16)13-15-6-3-4-9-18-15/h3-4,6,8-10,12,16H,5,7,11,13H2,1-2H3/t16-/m1/s1. The van der Waals surface area contributed by atoms with Gasteiger partial charge in [-0.1, -0.05) is 6.07 Å². The Morgan fingerprint density at radius 3 is 2.86 bits per heavy atom. The van der Waals surface area contributed by atoms with Gasteiger partial charge in [0.15, 0.2) is 0 Å². The van der Waals surface area contributed by atoms with Crippen LogP contribution in [0.3, 0.4) is 0 Å². The summed E-state index contributed by atoms with van der Waals surface area (Å²) in [5, 5.41) is 0. The Bertz CT molecular complexity index is 582. The molecule has 0 aromatic carbocycles. The van der Waals surface area contributed by atoms with Crippen molar-refractivity contribution >= 4 is 5.82 Å². The molecule has 110 valence electrons. The van der Waals surface area contributed by atoms with E-state index in [4.69, 9.17) is 0 Å². The molecule has 2 aromatic rings. The summed E-state index contributed by atoms with van der Waals surface area (Å²) in [6.45, 7) is 2.06. The number of aromatic nitrogens is 2. The Hall–Kier alpha value is -1.94. The van der Waals surface area contributed by atoms with Gasteiger partial charge in [-0.2, -0.15) is 0 Å². The highest BCUT2D eigenvalue weighted by Gasteiger charge is 2.26. The van der Waals surface area contributed by atoms with E-state index < -0.39 is 0 Å². The first-order valence-corrected chi connectivity index (χ1v) is 7.51. The lowest BCUT2D eigenvalue weighted by Crippen LogP contribution is -2.23. The molecule has 0 radical (unpaired) electrons. The number of nitrogens with zero attached hydrogens (tertiary/aromatic N) is 4. The molecular weight excluding hydrogens is 260 g/mol. The zero-order valence-electron chi connectivity index (χ0n) is 12.7. The summed E-state index contributed by atoms with van der Waals surface area (Å²) in [7, 11) is 4.07. The van der Waals surface area contributed by atoms with Gasteiger partial charge in [-0.25, -0.2) is 4.98 Å². The number of hydrogen-bond donors (Lipinski definition) is 0. The van der Waals surface area contributed by atoms with Gasteiger partial charge in [0.25, 0.3) is 0 Å². The number of rotatable bonds is 4. The average Bonchev–Trinajstić information content (AvgIpc) is 2.96. The van der Waals surface area contributed by atoms with E-state index in [1.54, 1.807) is 0 Å². The van der Waals surface area contributed by atoms with Crippen LogP contribution in [0.25, 0.3) is 0 Å². The maximum absolute atomic E-state index is 4.45. The third-order valence-electron chi connectivity index (χ3n) is 4.07. The van der Waals surface area contributed by atoms with Crippen LogP contribution in [-0.4, -0.2) is 35.5 Å². The predicted octanol–water partition coefficient (Wildman–Crippen LogP) is 2.88. The van der Waals surface area contributed by atoms with Gasteiger partial charge < -0.3 is 4.90 Å². The Morgan fingerprint density at radius 2 is 2.10 bits per heavy atom. The van der Waals surface area contributed by atoms with E-state index in [-0.39, 0.29) is 0 Å².